The second-order valence-electron chi connectivity index (χ2n) is 8.64. The monoisotopic (exact) mass is 596 g/mol. The van der Waals surface area contributed by atoms with Crippen molar-refractivity contribution in [2.75, 3.05) is 12.5 Å². The summed E-state index contributed by atoms with van der Waals surface area (Å²) < 4.78 is 124. The van der Waals surface area contributed by atoms with Crippen LogP contribution in [-0.2, 0) is 30.9 Å². The first-order valence-corrected chi connectivity index (χ1v) is 14.3. The van der Waals surface area contributed by atoms with Gasteiger partial charge in [-0.3, -0.25) is 0 Å². The second-order valence-corrected chi connectivity index (χ2v) is 13.4. The number of aromatic nitrogens is 4. The van der Waals surface area contributed by atoms with Crippen molar-refractivity contribution in [1.29, 1.82) is 0 Å². The predicted octanol–water partition coefficient (Wildman–Crippen LogP) is 1.94. The zero-order valence-corrected chi connectivity index (χ0v) is 22.5. The van der Waals surface area contributed by atoms with Gasteiger partial charge >= 0.3 is 12.4 Å². The van der Waals surface area contributed by atoms with Crippen molar-refractivity contribution in [1.82, 2.24) is 19.9 Å². The molecule has 38 heavy (non-hydrogen) atoms. The zero-order chi connectivity index (χ0) is 30.1. The topological polar surface area (TPSA) is 160 Å². The Labute approximate surface area is 215 Å². The third-order valence-electron chi connectivity index (χ3n) is 5.57. The van der Waals surface area contributed by atoms with Gasteiger partial charge in [-0.15, -0.1) is 0 Å². The quantitative estimate of drug-likeness (QED) is 0.472. The summed E-state index contributed by atoms with van der Waals surface area (Å²) in [4.78, 5) is 13.6. The third-order valence-corrected chi connectivity index (χ3v) is 8.82. The van der Waals surface area contributed by atoms with Gasteiger partial charge in [0, 0.05) is 37.3 Å². The molecule has 4 atom stereocenters. The van der Waals surface area contributed by atoms with E-state index in [1.807, 2.05) is 0 Å². The molecule has 0 saturated carbocycles. The minimum atomic E-state index is -5.22. The lowest BCUT2D eigenvalue weighted by molar-refractivity contribution is -0.269. The van der Waals surface area contributed by atoms with E-state index in [-0.39, 0.29) is 0 Å². The highest BCUT2D eigenvalue weighted by atomic mass is 32.2. The van der Waals surface area contributed by atoms with E-state index in [1.165, 1.54) is 0 Å². The molecule has 0 aliphatic heterocycles. The number of alkyl halides is 6. The van der Waals surface area contributed by atoms with Crippen molar-refractivity contribution in [2.24, 2.45) is 0 Å². The Morgan fingerprint density at radius 2 is 0.842 bits per heavy atom. The van der Waals surface area contributed by atoms with Gasteiger partial charge in [0.1, 0.15) is 10.5 Å². The van der Waals surface area contributed by atoms with Crippen LogP contribution in [0.15, 0.2) is 24.8 Å². The smallest absolute Gasteiger partial charge is 0.373 e. The molecule has 0 radical (unpaired) electrons. The van der Waals surface area contributed by atoms with Gasteiger partial charge < -0.3 is 10.2 Å². The van der Waals surface area contributed by atoms with Gasteiger partial charge in [0.2, 0.25) is 11.2 Å². The Bertz CT molecular complexity index is 1220. The summed E-state index contributed by atoms with van der Waals surface area (Å²) in [5, 5.41) is 15.5. The van der Waals surface area contributed by atoms with Crippen LogP contribution < -0.4 is 0 Å². The Morgan fingerprint density at radius 1 is 0.632 bits per heavy atom. The van der Waals surface area contributed by atoms with Crippen LogP contribution in [0.3, 0.4) is 0 Å². The van der Waals surface area contributed by atoms with Crippen molar-refractivity contribution >= 4 is 19.7 Å². The number of aryl methyl sites for hydroxylation is 2. The number of hydrogen-bond donors (Lipinski definition) is 2. The molecule has 0 saturated heterocycles. The molecule has 2 heterocycles. The molecule has 2 rings (SSSR count). The first-order valence-electron chi connectivity index (χ1n) is 10.3. The van der Waals surface area contributed by atoms with Crippen molar-refractivity contribution in [3.05, 3.63) is 47.6 Å². The van der Waals surface area contributed by atoms with Gasteiger partial charge in [0.25, 0.3) is 0 Å². The van der Waals surface area contributed by atoms with E-state index in [0.717, 1.165) is 38.6 Å². The molecule has 0 unspecified atom stereocenters. The lowest BCUT2D eigenvalue weighted by atomic mass is 9.98. The highest BCUT2D eigenvalue weighted by Gasteiger charge is 2.64. The number of rotatable bonds is 6. The van der Waals surface area contributed by atoms with E-state index in [9.17, 15) is 53.4 Å². The number of aliphatic hydroxyl groups is 2. The second kappa shape index (κ2) is 11.0. The van der Waals surface area contributed by atoms with Crippen molar-refractivity contribution in [3.63, 3.8) is 0 Å². The van der Waals surface area contributed by atoms with Gasteiger partial charge in [-0.2, -0.15) is 26.3 Å². The summed E-state index contributed by atoms with van der Waals surface area (Å²) in [5.41, 5.74) is -6.32. The van der Waals surface area contributed by atoms with E-state index < -0.39 is 65.4 Å². The van der Waals surface area contributed by atoms with Gasteiger partial charge in [0.05, 0.1) is 0 Å². The SMILES string of the molecule is Cc1cnc([C@@](O)([C@H](C)S(C)(=O)=O)C(F)(F)F)nc1.Cc1cnc([C@](O)([C@H](C)S(C)(=O)=O)C(F)(F)F)nc1. The maximum atomic E-state index is 13.1. The highest BCUT2D eigenvalue weighted by molar-refractivity contribution is 7.91. The van der Waals surface area contributed by atoms with Crippen molar-refractivity contribution in [3.8, 4) is 0 Å². The molecule has 18 heteroatoms. The van der Waals surface area contributed by atoms with Crippen LogP contribution in [0.5, 0.6) is 0 Å². The molecule has 0 fully saturated rings. The molecule has 10 nitrogen and oxygen atoms in total. The first-order chi connectivity index (χ1) is 16.8. The van der Waals surface area contributed by atoms with Crippen LogP contribution in [0.2, 0.25) is 0 Å². The van der Waals surface area contributed by atoms with E-state index in [4.69, 9.17) is 0 Å². The fraction of sp³-hybridized carbons (Fsp3) is 0.600. The Kier molecular flexibility index (Phi) is 9.70. The van der Waals surface area contributed by atoms with Crippen LogP contribution in [0, 0.1) is 13.8 Å². The van der Waals surface area contributed by atoms with E-state index in [2.05, 4.69) is 19.9 Å². The van der Waals surface area contributed by atoms with Crippen LogP contribution in [0.1, 0.15) is 36.6 Å². The molecule has 0 aromatic carbocycles. The Balaban J connectivity index is 0.000000380. The summed E-state index contributed by atoms with van der Waals surface area (Å²) in [5.74, 6) is -1.97. The molecule has 2 aromatic rings. The molecule has 0 bridgehead atoms. The fourth-order valence-electron chi connectivity index (χ4n) is 2.88. The summed E-state index contributed by atoms with van der Waals surface area (Å²) in [6.07, 6.45) is -4.90. The average Bonchev–Trinajstić information content (AvgIpc) is 2.75. The number of hydrogen-bond acceptors (Lipinski definition) is 10. The minimum Gasteiger partial charge on any atom is -0.373 e. The molecule has 0 spiro atoms. The van der Waals surface area contributed by atoms with Gasteiger partial charge in [-0.25, -0.2) is 36.8 Å². The highest BCUT2D eigenvalue weighted by Crippen LogP contribution is 2.43. The number of nitrogens with zero attached hydrogens (tertiary/aromatic N) is 4. The van der Waals surface area contributed by atoms with Crippen molar-refractivity contribution in [2.45, 2.75) is 61.7 Å². The standard InChI is InChI=1S/2C10H13F3N2O3S/c2*1-6-4-14-8(15-5-6)9(16,10(11,12)13)7(2)19(3,17)18/h2*4-5,7,16H,1-3H3/t7-,9+;7-,9-/m00/s1. The summed E-state index contributed by atoms with van der Waals surface area (Å²) in [7, 11) is -8.30. The van der Waals surface area contributed by atoms with Crippen LogP contribution in [0.4, 0.5) is 26.3 Å². The predicted molar refractivity (Wildman–Crippen MR) is 122 cm³/mol. The molecule has 2 N–H and O–H groups in total. The van der Waals surface area contributed by atoms with Crippen molar-refractivity contribution < 1.29 is 53.4 Å². The van der Waals surface area contributed by atoms with Gasteiger partial charge in [-0.1, -0.05) is 0 Å². The summed E-state index contributed by atoms with van der Waals surface area (Å²) >= 11 is 0. The largest absolute Gasteiger partial charge is 0.425 e. The Morgan fingerprint density at radius 3 is 1.00 bits per heavy atom. The maximum absolute atomic E-state index is 13.1. The lowest BCUT2D eigenvalue weighted by Gasteiger charge is -2.33. The van der Waals surface area contributed by atoms with Crippen LogP contribution >= 0.6 is 0 Å². The minimum absolute atomic E-state index is 0.486. The molecule has 0 aliphatic rings. The first kappa shape index (κ1) is 33.6. The fourth-order valence-corrected chi connectivity index (χ4v) is 4.59. The van der Waals surface area contributed by atoms with Crippen LogP contribution in [-0.4, -0.2) is 82.3 Å². The van der Waals surface area contributed by atoms with Gasteiger partial charge in [0.15, 0.2) is 31.3 Å². The zero-order valence-electron chi connectivity index (χ0n) is 20.9. The van der Waals surface area contributed by atoms with E-state index >= 15 is 0 Å². The Hall–Kier alpha value is -2.44. The normalized spacial score (nSPS) is 17.8. The van der Waals surface area contributed by atoms with E-state index in [0.29, 0.717) is 23.6 Å². The lowest BCUT2D eigenvalue weighted by Crippen LogP contribution is -2.54. The average molecular weight is 597 g/mol. The molecular weight excluding hydrogens is 570 g/mol. The van der Waals surface area contributed by atoms with Crippen LogP contribution in [0.25, 0.3) is 0 Å². The number of halogens is 6. The van der Waals surface area contributed by atoms with Gasteiger partial charge in [-0.05, 0) is 38.8 Å². The third kappa shape index (κ3) is 6.95. The molecule has 0 aliphatic carbocycles. The molecule has 0 amide bonds. The number of sulfone groups is 2. The maximum Gasteiger partial charge on any atom is 0.425 e. The summed E-state index contributed by atoms with van der Waals surface area (Å²) in [6, 6.07) is 0. The molecule has 216 valence electrons. The molecular formula is C20H26F6N4O6S2. The summed E-state index contributed by atoms with van der Waals surface area (Å²) in [6.45, 7) is 4.64. The molecule has 2 aromatic heterocycles. The van der Waals surface area contributed by atoms with E-state index in [1.54, 1.807) is 13.8 Å².